The average molecular weight is 318 g/mol. The van der Waals surface area contributed by atoms with Crippen LogP contribution in [-0.4, -0.2) is 41.8 Å². The molecule has 0 aromatic heterocycles. The summed E-state index contributed by atoms with van der Waals surface area (Å²) >= 11 is 0. The van der Waals surface area contributed by atoms with Crippen LogP contribution in [0.2, 0.25) is 0 Å². The van der Waals surface area contributed by atoms with Gasteiger partial charge in [0.25, 0.3) is 5.69 Å². The molecular formula is C11H11FN2O6S. The fourth-order valence-corrected chi connectivity index (χ4v) is 2.90. The topological polar surface area (TPSA) is 118 Å². The molecule has 0 saturated carbocycles. The standard InChI is InChI=1S/C11H11FN2O6S/c1-2-5-13(7-11(15)16)21(19,20)10-4-3-8(14(17)18)6-9(10)12/h2-4,6H,1,5,7H2,(H,15,16). The molecule has 1 N–H and O–H groups in total. The Morgan fingerprint density at radius 3 is 2.57 bits per heavy atom. The van der Waals surface area contributed by atoms with Gasteiger partial charge in [0.1, 0.15) is 17.3 Å². The predicted molar refractivity (Wildman–Crippen MR) is 69.6 cm³/mol. The Hall–Kier alpha value is -2.33. The van der Waals surface area contributed by atoms with Gasteiger partial charge in [0.05, 0.1) is 11.0 Å². The van der Waals surface area contributed by atoms with Gasteiger partial charge in [-0.05, 0) is 6.07 Å². The van der Waals surface area contributed by atoms with Crippen LogP contribution >= 0.6 is 0 Å². The summed E-state index contributed by atoms with van der Waals surface area (Å²) in [6.45, 7) is 2.07. The lowest BCUT2D eigenvalue weighted by atomic mass is 10.3. The molecule has 0 aliphatic carbocycles. The fraction of sp³-hybridized carbons (Fsp3) is 0.182. The zero-order valence-corrected chi connectivity index (χ0v) is 11.4. The van der Waals surface area contributed by atoms with Gasteiger partial charge in [-0.3, -0.25) is 14.9 Å². The van der Waals surface area contributed by atoms with Crippen molar-refractivity contribution in [1.29, 1.82) is 0 Å². The zero-order valence-electron chi connectivity index (χ0n) is 10.6. The number of nitro groups is 1. The van der Waals surface area contributed by atoms with E-state index in [1.807, 2.05) is 0 Å². The van der Waals surface area contributed by atoms with Crippen molar-refractivity contribution in [3.63, 3.8) is 0 Å². The molecule has 0 saturated heterocycles. The SMILES string of the molecule is C=CCN(CC(=O)O)S(=O)(=O)c1ccc([N+](=O)[O-])cc1F. The number of aliphatic carboxylic acids is 1. The van der Waals surface area contributed by atoms with E-state index < -0.39 is 43.9 Å². The summed E-state index contributed by atoms with van der Waals surface area (Å²) in [7, 11) is -4.45. The molecule has 0 atom stereocenters. The predicted octanol–water partition coefficient (Wildman–Crippen LogP) is 0.995. The molecule has 0 radical (unpaired) electrons. The number of carboxylic acids is 1. The molecule has 0 amide bonds. The van der Waals surface area contributed by atoms with E-state index in [1.54, 1.807) is 0 Å². The maximum atomic E-state index is 13.8. The second kappa shape index (κ2) is 6.41. The lowest BCUT2D eigenvalue weighted by Gasteiger charge is -2.18. The van der Waals surface area contributed by atoms with Gasteiger partial charge in [0.15, 0.2) is 0 Å². The van der Waals surface area contributed by atoms with Crippen molar-refractivity contribution < 1.29 is 27.6 Å². The van der Waals surface area contributed by atoms with Crippen molar-refractivity contribution in [2.45, 2.75) is 4.90 Å². The number of rotatable bonds is 7. The highest BCUT2D eigenvalue weighted by atomic mass is 32.2. The van der Waals surface area contributed by atoms with Gasteiger partial charge in [-0.2, -0.15) is 4.31 Å². The first-order valence-corrected chi connectivity index (χ1v) is 6.91. The molecule has 10 heteroatoms. The second-order valence-corrected chi connectivity index (χ2v) is 5.76. The molecule has 1 aromatic rings. The van der Waals surface area contributed by atoms with E-state index in [-0.39, 0.29) is 6.54 Å². The number of nitro benzene ring substituents is 1. The molecule has 114 valence electrons. The molecule has 1 aromatic carbocycles. The summed E-state index contributed by atoms with van der Waals surface area (Å²) in [6, 6.07) is 2.00. The molecule has 1 rings (SSSR count). The highest BCUT2D eigenvalue weighted by molar-refractivity contribution is 7.89. The number of hydrogen-bond donors (Lipinski definition) is 1. The Morgan fingerprint density at radius 1 is 1.52 bits per heavy atom. The molecule has 0 aliphatic rings. The minimum absolute atomic E-state index is 0.342. The van der Waals surface area contributed by atoms with Gasteiger partial charge in [0, 0.05) is 12.6 Å². The van der Waals surface area contributed by atoms with Crippen molar-refractivity contribution in [3.8, 4) is 0 Å². The number of carboxylic acid groups (broad SMARTS) is 1. The molecular weight excluding hydrogens is 307 g/mol. The lowest BCUT2D eigenvalue weighted by Crippen LogP contribution is -2.36. The van der Waals surface area contributed by atoms with Crippen LogP contribution < -0.4 is 0 Å². The Kier molecular flexibility index (Phi) is 5.11. The van der Waals surface area contributed by atoms with E-state index in [0.717, 1.165) is 18.2 Å². The van der Waals surface area contributed by atoms with E-state index in [2.05, 4.69) is 6.58 Å². The summed E-state index contributed by atoms with van der Waals surface area (Å²) < 4.78 is 38.6. The number of hydrogen-bond acceptors (Lipinski definition) is 5. The summed E-state index contributed by atoms with van der Waals surface area (Å²) in [4.78, 5) is 19.4. The Bertz CT molecular complexity index is 688. The van der Waals surface area contributed by atoms with Crippen LogP contribution in [0.1, 0.15) is 0 Å². The summed E-state index contributed by atoms with van der Waals surface area (Å²) in [5.41, 5.74) is -0.611. The number of benzene rings is 1. The number of halogens is 1. The van der Waals surface area contributed by atoms with Gasteiger partial charge in [0.2, 0.25) is 10.0 Å². The van der Waals surface area contributed by atoms with Gasteiger partial charge < -0.3 is 5.11 Å². The monoisotopic (exact) mass is 318 g/mol. The largest absolute Gasteiger partial charge is 0.480 e. The maximum Gasteiger partial charge on any atom is 0.318 e. The van der Waals surface area contributed by atoms with Crippen molar-refractivity contribution in [2.24, 2.45) is 0 Å². The molecule has 0 bridgehead atoms. The Balaban J connectivity index is 3.30. The number of carbonyl (C=O) groups is 1. The first kappa shape index (κ1) is 16.7. The summed E-state index contributed by atoms with van der Waals surface area (Å²) in [5, 5.41) is 19.2. The summed E-state index contributed by atoms with van der Waals surface area (Å²) in [5.74, 6) is -2.76. The Labute approximate surface area is 119 Å². The fourth-order valence-electron chi connectivity index (χ4n) is 1.49. The quantitative estimate of drug-likeness (QED) is 0.455. The highest BCUT2D eigenvalue weighted by Gasteiger charge is 2.29. The smallest absolute Gasteiger partial charge is 0.318 e. The Morgan fingerprint density at radius 2 is 2.14 bits per heavy atom. The van der Waals surface area contributed by atoms with Gasteiger partial charge in [-0.25, -0.2) is 12.8 Å². The first-order chi connectivity index (χ1) is 9.70. The molecule has 0 spiro atoms. The van der Waals surface area contributed by atoms with Crippen molar-refractivity contribution in [2.75, 3.05) is 13.1 Å². The van der Waals surface area contributed by atoms with E-state index in [4.69, 9.17) is 5.11 Å². The molecule has 0 heterocycles. The molecule has 0 fully saturated rings. The van der Waals surface area contributed by atoms with Gasteiger partial charge >= 0.3 is 5.97 Å². The first-order valence-electron chi connectivity index (χ1n) is 5.47. The average Bonchev–Trinajstić information content (AvgIpc) is 2.37. The minimum Gasteiger partial charge on any atom is -0.480 e. The third-order valence-corrected chi connectivity index (χ3v) is 4.23. The molecule has 0 aliphatic heterocycles. The second-order valence-electron chi connectivity index (χ2n) is 3.85. The third-order valence-electron chi connectivity index (χ3n) is 2.39. The van der Waals surface area contributed by atoms with Crippen molar-refractivity contribution in [1.82, 2.24) is 4.31 Å². The maximum absolute atomic E-state index is 13.8. The van der Waals surface area contributed by atoms with E-state index >= 15 is 0 Å². The van der Waals surface area contributed by atoms with Crippen LogP contribution in [0.5, 0.6) is 0 Å². The van der Waals surface area contributed by atoms with Crippen LogP contribution in [-0.2, 0) is 14.8 Å². The van der Waals surface area contributed by atoms with Crippen LogP contribution in [0, 0.1) is 15.9 Å². The van der Waals surface area contributed by atoms with Gasteiger partial charge in [-0.15, -0.1) is 6.58 Å². The van der Waals surface area contributed by atoms with E-state index in [9.17, 15) is 27.7 Å². The van der Waals surface area contributed by atoms with Gasteiger partial charge in [-0.1, -0.05) is 6.08 Å². The number of nitrogens with zero attached hydrogens (tertiary/aromatic N) is 2. The number of sulfonamides is 1. The third kappa shape index (κ3) is 3.83. The van der Waals surface area contributed by atoms with Crippen LogP contribution in [0.3, 0.4) is 0 Å². The molecule has 0 unspecified atom stereocenters. The van der Waals surface area contributed by atoms with Crippen LogP contribution in [0.4, 0.5) is 10.1 Å². The van der Waals surface area contributed by atoms with E-state index in [1.165, 1.54) is 0 Å². The van der Waals surface area contributed by atoms with Crippen LogP contribution in [0.15, 0.2) is 35.7 Å². The number of non-ortho nitro benzene ring substituents is 1. The van der Waals surface area contributed by atoms with Crippen LogP contribution in [0.25, 0.3) is 0 Å². The molecule has 8 nitrogen and oxygen atoms in total. The van der Waals surface area contributed by atoms with Crippen molar-refractivity contribution >= 4 is 21.7 Å². The highest BCUT2D eigenvalue weighted by Crippen LogP contribution is 2.23. The lowest BCUT2D eigenvalue weighted by molar-refractivity contribution is -0.385. The van der Waals surface area contributed by atoms with E-state index in [0.29, 0.717) is 10.4 Å². The van der Waals surface area contributed by atoms with Crippen molar-refractivity contribution in [3.05, 3.63) is 46.8 Å². The zero-order chi connectivity index (χ0) is 16.2. The molecule has 21 heavy (non-hydrogen) atoms. The normalized spacial score (nSPS) is 11.3. The summed E-state index contributed by atoms with van der Waals surface area (Å²) in [6.07, 6.45) is 1.14. The minimum atomic E-state index is -4.45.